The highest BCUT2D eigenvalue weighted by molar-refractivity contribution is 5.93. The first-order valence-corrected chi connectivity index (χ1v) is 8.45. The van der Waals surface area contributed by atoms with Crippen molar-refractivity contribution in [1.29, 1.82) is 0 Å². The van der Waals surface area contributed by atoms with Gasteiger partial charge in [0.1, 0.15) is 5.65 Å². The maximum absolute atomic E-state index is 14.2. The first-order chi connectivity index (χ1) is 12.2. The van der Waals surface area contributed by atoms with Gasteiger partial charge in [0.2, 0.25) is 11.8 Å². The lowest BCUT2D eigenvalue weighted by atomic mass is 9.89. The number of imidazole rings is 1. The lowest BCUT2D eigenvalue weighted by Crippen LogP contribution is -2.24. The minimum atomic E-state index is -0.693. The molecule has 0 atom stereocenters. The number of rotatable bonds is 4. The normalized spacial score (nSPS) is 15.6. The van der Waals surface area contributed by atoms with Gasteiger partial charge in [-0.15, -0.1) is 0 Å². The van der Waals surface area contributed by atoms with Crippen molar-refractivity contribution in [2.45, 2.75) is 44.6 Å². The Bertz CT molecular complexity index is 897. The summed E-state index contributed by atoms with van der Waals surface area (Å²) >= 11 is 0. The second kappa shape index (κ2) is 6.62. The summed E-state index contributed by atoms with van der Waals surface area (Å²) in [4.78, 5) is 20.6. The summed E-state index contributed by atoms with van der Waals surface area (Å²) in [5, 5.41) is 6.59. The predicted octanol–water partition coefficient (Wildman–Crippen LogP) is 2.83. The molecule has 25 heavy (non-hydrogen) atoms. The minimum Gasteiger partial charge on any atom is -0.341 e. The van der Waals surface area contributed by atoms with Gasteiger partial charge >= 0.3 is 0 Å². The Kier molecular flexibility index (Phi) is 4.17. The molecule has 3 aromatic heterocycles. The van der Waals surface area contributed by atoms with E-state index in [0.29, 0.717) is 23.3 Å². The Morgan fingerprint density at radius 1 is 1.28 bits per heavy atom. The van der Waals surface area contributed by atoms with Crippen LogP contribution in [0.2, 0.25) is 0 Å². The van der Waals surface area contributed by atoms with Crippen LogP contribution in [0.4, 0.5) is 4.39 Å². The molecule has 0 spiro atoms. The summed E-state index contributed by atoms with van der Waals surface area (Å²) in [7, 11) is 0. The Labute approximate surface area is 143 Å². The number of fused-ring (bicyclic) bond motifs is 1. The maximum atomic E-state index is 14.2. The summed E-state index contributed by atoms with van der Waals surface area (Å²) < 4.78 is 20.7. The van der Waals surface area contributed by atoms with Crippen LogP contribution in [0.25, 0.3) is 5.65 Å². The number of hydrogen-bond donors (Lipinski definition) is 1. The third-order valence-corrected chi connectivity index (χ3v) is 4.54. The molecule has 3 heterocycles. The Morgan fingerprint density at radius 2 is 2.12 bits per heavy atom. The van der Waals surface area contributed by atoms with Crippen LogP contribution in [-0.2, 0) is 6.54 Å². The van der Waals surface area contributed by atoms with Gasteiger partial charge in [0.25, 0.3) is 5.91 Å². The van der Waals surface area contributed by atoms with E-state index in [0.717, 1.165) is 12.8 Å². The molecule has 0 radical (unpaired) electrons. The van der Waals surface area contributed by atoms with Gasteiger partial charge in [-0.25, -0.2) is 4.98 Å². The molecule has 0 bridgehead atoms. The monoisotopic (exact) mass is 343 g/mol. The number of nitrogens with zero attached hydrogens (tertiary/aromatic N) is 4. The van der Waals surface area contributed by atoms with Crippen molar-refractivity contribution in [3.63, 3.8) is 0 Å². The summed E-state index contributed by atoms with van der Waals surface area (Å²) in [6, 6.07) is 5.04. The van der Waals surface area contributed by atoms with Crippen LogP contribution in [0, 0.1) is 5.95 Å². The molecule has 4 rings (SSSR count). The van der Waals surface area contributed by atoms with Gasteiger partial charge in [-0.1, -0.05) is 30.5 Å². The molecule has 1 aliphatic rings. The standard InChI is InChI=1S/C17H18FN5O2/c18-15-14(20-12-8-4-5-9-23(12)15)17(24)19-10-13-21-16(22-25-13)11-6-2-1-3-7-11/h4-5,8-9,11H,1-3,6-7,10H2,(H,19,24). The molecular weight excluding hydrogens is 325 g/mol. The number of carbonyl (C=O) groups is 1. The van der Waals surface area contributed by atoms with Crippen molar-refractivity contribution in [3.8, 4) is 0 Å². The predicted molar refractivity (Wildman–Crippen MR) is 86.4 cm³/mol. The smallest absolute Gasteiger partial charge is 0.275 e. The van der Waals surface area contributed by atoms with Crippen LogP contribution in [0.1, 0.15) is 60.2 Å². The fraction of sp³-hybridized carbons (Fsp3) is 0.412. The van der Waals surface area contributed by atoms with Gasteiger partial charge in [0.05, 0.1) is 6.54 Å². The first kappa shape index (κ1) is 15.7. The lowest BCUT2D eigenvalue weighted by molar-refractivity contribution is 0.0937. The van der Waals surface area contributed by atoms with E-state index in [-0.39, 0.29) is 12.2 Å². The van der Waals surface area contributed by atoms with E-state index in [1.54, 1.807) is 18.2 Å². The summed E-state index contributed by atoms with van der Waals surface area (Å²) in [5.74, 6) is 0.0407. The van der Waals surface area contributed by atoms with Gasteiger partial charge in [-0.05, 0) is 25.0 Å². The van der Waals surface area contributed by atoms with E-state index in [2.05, 4.69) is 20.4 Å². The molecular formula is C17H18FN5O2. The largest absolute Gasteiger partial charge is 0.341 e. The Hall–Kier alpha value is -2.77. The second-order valence-corrected chi connectivity index (χ2v) is 6.24. The molecule has 0 aliphatic heterocycles. The van der Waals surface area contributed by atoms with Gasteiger partial charge in [-0.3, -0.25) is 9.20 Å². The van der Waals surface area contributed by atoms with Crippen molar-refractivity contribution in [3.05, 3.63) is 47.8 Å². The average molecular weight is 343 g/mol. The van der Waals surface area contributed by atoms with Crippen molar-refractivity contribution in [2.24, 2.45) is 0 Å². The summed E-state index contributed by atoms with van der Waals surface area (Å²) in [6.45, 7) is 0.0475. The van der Waals surface area contributed by atoms with E-state index in [1.807, 2.05) is 0 Å². The molecule has 130 valence electrons. The van der Waals surface area contributed by atoms with Crippen LogP contribution in [-0.4, -0.2) is 25.4 Å². The van der Waals surface area contributed by atoms with Crippen LogP contribution in [0.15, 0.2) is 28.9 Å². The van der Waals surface area contributed by atoms with Crippen LogP contribution >= 0.6 is 0 Å². The van der Waals surface area contributed by atoms with Gasteiger partial charge < -0.3 is 9.84 Å². The SMILES string of the molecule is O=C(NCc1nc(C2CCCCC2)no1)c1nc2ccccn2c1F. The molecule has 0 unspecified atom stereocenters. The van der Waals surface area contributed by atoms with E-state index in [9.17, 15) is 9.18 Å². The number of halogens is 1. The highest BCUT2D eigenvalue weighted by Gasteiger charge is 2.22. The van der Waals surface area contributed by atoms with E-state index < -0.39 is 11.9 Å². The van der Waals surface area contributed by atoms with Crippen LogP contribution < -0.4 is 5.32 Å². The van der Waals surface area contributed by atoms with Crippen LogP contribution in [0.3, 0.4) is 0 Å². The van der Waals surface area contributed by atoms with Crippen molar-refractivity contribution in [2.75, 3.05) is 0 Å². The topological polar surface area (TPSA) is 85.3 Å². The highest BCUT2D eigenvalue weighted by atomic mass is 19.1. The molecule has 1 saturated carbocycles. The van der Waals surface area contributed by atoms with E-state index in [1.165, 1.54) is 29.9 Å². The molecule has 3 aromatic rings. The number of carbonyl (C=O) groups excluding carboxylic acids is 1. The third-order valence-electron chi connectivity index (χ3n) is 4.54. The zero-order chi connectivity index (χ0) is 17.2. The van der Waals surface area contributed by atoms with E-state index >= 15 is 0 Å². The van der Waals surface area contributed by atoms with Gasteiger partial charge in [0.15, 0.2) is 11.5 Å². The maximum Gasteiger partial charge on any atom is 0.275 e. The molecule has 7 nitrogen and oxygen atoms in total. The van der Waals surface area contributed by atoms with Crippen molar-refractivity contribution < 1.29 is 13.7 Å². The molecule has 1 fully saturated rings. The summed E-state index contributed by atoms with van der Waals surface area (Å²) in [5.41, 5.74) is 0.126. The Morgan fingerprint density at radius 3 is 2.92 bits per heavy atom. The zero-order valence-electron chi connectivity index (χ0n) is 13.6. The number of pyridine rings is 1. The van der Waals surface area contributed by atoms with Crippen molar-refractivity contribution in [1.82, 2.24) is 24.8 Å². The number of nitrogens with one attached hydrogen (secondary N) is 1. The first-order valence-electron chi connectivity index (χ1n) is 8.45. The fourth-order valence-electron chi connectivity index (χ4n) is 3.22. The van der Waals surface area contributed by atoms with Gasteiger partial charge in [-0.2, -0.15) is 9.37 Å². The van der Waals surface area contributed by atoms with Crippen molar-refractivity contribution >= 4 is 11.6 Å². The molecule has 1 aliphatic carbocycles. The van der Waals surface area contributed by atoms with Gasteiger partial charge in [0, 0.05) is 12.1 Å². The summed E-state index contributed by atoms with van der Waals surface area (Å²) in [6.07, 6.45) is 7.26. The number of aromatic nitrogens is 4. The van der Waals surface area contributed by atoms with E-state index in [4.69, 9.17) is 4.52 Å². The highest BCUT2D eigenvalue weighted by Crippen LogP contribution is 2.30. The zero-order valence-corrected chi connectivity index (χ0v) is 13.6. The third kappa shape index (κ3) is 3.11. The minimum absolute atomic E-state index is 0.0475. The molecule has 1 N–H and O–H groups in total. The molecule has 1 amide bonds. The quantitative estimate of drug-likeness (QED) is 0.787. The fourth-order valence-corrected chi connectivity index (χ4v) is 3.22. The molecule has 0 saturated heterocycles. The second-order valence-electron chi connectivity index (χ2n) is 6.24. The molecule has 8 heteroatoms. The Balaban J connectivity index is 1.43. The lowest BCUT2D eigenvalue weighted by Gasteiger charge is -2.17. The average Bonchev–Trinajstić information content (AvgIpc) is 3.26. The van der Waals surface area contributed by atoms with Crippen LogP contribution in [0.5, 0.6) is 0 Å². The number of hydrogen-bond acceptors (Lipinski definition) is 5. The number of amides is 1. The molecule has 0 aromatic carbocycles.